The van der Waals surface area contributed by atoms with E-state index in [1.165, 1.54) is 0 Å². The number of halogens is 12. The first-order valence-corrected chi connectivity index (χ1v) is 17.7. The van der Waals surface area contributed by atoms with Gasteiger partial charge < -0.3 is 20.2 Å². The zero-order valence-corrected chi connectivity index (χ0v) is 28.9. The van der Waals surface area contributed by atoms with E-state index in [9.17, 15) is 95.8 Å². The number of nitrogens with one attached hydrogen (secondary N) is 2. The van der Waals surface area contributed by atoms with Crippen molar-refractivity contribution in [3.63, 3.8) is 0 Å². The SMILES string of the molecule is C.CC(O)(CS(=O)(=O)CC(F)(F)F)c1cc2cc([N+](=O)[O-])c(C(F)(F)F)cc2[nH]1.CC(O)(CS(=O)CC(F)(F)F)c1cc2cc([N+](=O)[O-])c(C(F)(F)F)cc2[nH]1. The average molecular weight is 869 g/mol. The highest BCUT2D eigenvalue weighted by atomic mass is 32.2. The molecule has 0 bridgehead atoms. The van der Waals surface area contributed by atoms with Gasteiger partial charge >= 0.3 is 24.7 Å². The van der Waals surface area contributed by atoms with Gasteiger partial charge in [-0.2, -0.15) is 52.7 Å². The van der Waals surface area contributed by atoms with E-state index in [0.717, 1.165) is 26.0 Å². The molecule has 0 amide bonds. The van der Waals surface area contributed by atoms with Crippen molar-refractivity contribution in [1.82, 2.24) is 9.97 Å². The molecule has 0 spiro atoms. The number of hydrogen-bond acceptors (Lipinski definition) is 9. The Morgan fingerprint density at radius 2 is 1.02 bits per heavy atom. The number of hydrogen-bond donors (Lipinski definition) is 4. The lowest BCUT2D eigenvalue weighted by Gasteiger charge is -2.22. The second-order valence-corrected chi connectivity index (χ2v) is 15.8. The molecule has 0 radical (unpaired) electrons. The Balaban J connectivity index is 0.000000380. The molecule has 4 aromatic rings. The summed E-state index contributed by atoms with van der Waals surface area (Å²) in [6.07, 6.45) is -19.8. The lowest BCUT2D eigenvalue weighted by Crippen LogP contribution is -2.36. The quantitative estimate of drug-likeness (QED) is 0.0704. The highest BCUT2D eigenvalue weighted by molar-refractivity contribution is 7.91. The van der Waals surface area contributed by atoms with Crippen molar-refractivity contribution < 1.29 is 85.4 Å². The van der Waals surface area contributed by atoms with Crippen molar-refractivity contribution in [1.29, 1.82) is 0 Å². The van der Waals surface area contributed by atoms with Gasteiger partial charge in [-0.15, -0.1) is 0 Å². The molecule has 3 atom stereocenters. The van der Waals surface area contributed by atoms with Crippen molar-refractivity contribution in [3.05, 3.63) is 79.1 Å². The first-order chi connectivity index (χ1) is 24.5. The predicted molar refractivity (Wildman–Crippen MR) is 174 cm³/mol. The van der Waals surface area contributed by atoms with Gasteiger partial charge in [-0.25, -0.2) is 8.42 Å². The van der Waals surface area contributed by atoms with Crippen molar-refractivity contribution in [2.24, 2.45) is 0 Å². The van der Waals surface area contributed by atoms with Gasteiger partial charge in [0.1, 0.15) is 33.8 Å². The van der Waals surface area contributed by atoms with E-state index < -0.39 is 118 Å². The van der Waals surface area contributed by atoms with Crippen molar-refractivity contribution in [3.8, 4) is 0 Å². The minimum atomic E-state index is -5.07. The molecule has 2 heterocycles. The van der Waals surface area contributed by atoms with Crippen molar-refractivity contribution in [2.45, 2.75) is 57.2 Å². The van der Waals surface area contributed by atoms with Crippen LogP contribution in [0.25, 0.3) is 21.8 Å². The molecule has 27 heteroatoms. The fourth-order valence-corrected chi connectivity index (χ4v) is 7.97. The van der Waals surface area contributed by atoms with Gasteiger partial charge in [-0.3, -0.25) is 24.4 Å². The van der Waals surface area contributed by atoms with Gasteiger partial charge in [0.05, 0.1) is 21.4 Å². The van der Waals surface area contributed by atoms with Crippen LogP contribution >= 0.6 is 0 Å². The third-order valence-electron chi connectivity index (χ3n) is 7.29. The molecule has 4 rings (SSSR count). The van der Waals surface area contributed by atoms with Gasteiger partial charge in [0, 0.05) is 56.1 Å². The summed E-state index contributed by atoms with van der Waals surface area (Å²) in [5.41, 5.74) is -11.3. The smallest absolute Gasteiger partial charge is 0.383 e. The van der Waals surface area contributed by atoms with E-state index in [1.54, 1.807) is 0 Å². The van der Waals surface area contributed by atoms with E-state index in [-0.39, 0.29) is 34.9 Å². The molecule has 0 saturated heterocycles. The summed E-state index contributed by atoms with van der Waals surface area (Å²) in [6.45, 7) is 1.88. The third kappa shape index (κ3) is 12.2. The zero-order valence-electron chi connectivity index (χ0n) is 27.3. The van der Waals surface area contributed by atoms with Crippen molar-refractivity contribution in [2.75, 3.05) is 23.0 Å². The molecule has 2 aromatic heterocycles. The number of H-pyrrole nitrogens is 2. The first kappa shape index (κ1) is 47.7. The summed E-state index contributed by atoms with van der Waals surface area (Å²) in [5.74, 6) is -6.07. The van der Waals surface area contributed by atoms with Gasteiger partial charge in [-0.05, 0) is 38.1 Å². The van der Waals surface area contributed by atoms with Crippen LogP contribution in [-0.4, -0.2) is 78.0 Å². The number of aliphatic hydroxyl groups is 2. The molecular weight excluding hydrogens is 840 g/mol. The number of rotatable bonds is 10. The Morgan fingerprint density at radius 3 is 1.34 bits per heavy atom. The second kappa shape index (κ2) is 15.8. The Kier molecular flexibility index (Phi) is 13.4. The van der Waals surface area contributed by atoms with E-state index >= 15 is 0 Å². The first-order valence-electron chi connectivity index (χ1n) is 14.4. The molecule has 13 nitrogen and oxygen atoms in total. The molecule has 314 valence electrons. The average Bonchev–Trinajstić information content (AvgIpc) is 3.56. The van der Waals surface area contributed by atoms with Gasteiger partial charge in [0.25, 0.3) is 11.4 Å². The lowest BCUT2D eigenvalue weighted by molar-refractivity contribution is -0.388. The van der Waals surface area contributed by atoms with E-state index in [2.05, 4.69) is 9.97 Å². The number of aromatic amines is 2. The molecule has 0 saturated carbocycles. The van der Waals surface area contributed by atoms with Gasteiger partial charge in [-0.1, -0.05) is 7.43 Å². The van der Waals surface area contributed by atoms with Crippen LogP contribution in [0.1, 0.15) is 43.8 Å². The Hall–Kier alpha value is -4.50. The van der Waals surface area contributed by atoms with Crippen LogP contribution in [-0.2, 0) is 44.2 Å². The highest BCUT2D eigenvalue weighted by Gasteiger charge is 2.43. The van der Waals surface area contributed by atoms with Crippen LogP contribution in [0, 0.1) is 20.2 Å². The Labute approximate surface area is 308 Å². The van der Waals surface area contributed by atoms with Crippen LogP contribution < -0.4 is 0 Å². The maximum atomic E-state index is 13.0. The second-order valence-electron chi connectivity index (χ2n) is 12.3. The predicted octanol–water partition coefficient (Wildman–Crippen LogP) is 7.53. The highest BCUT2D eigenvalue weighted by Crippen LogP contribution is 2.41. The number of aromatic nitrogens is 2. The molecule has 0 aliphatic carbocycles. The Morgan fingerprint density at radius 1 is 0.643 bits per heavy atom. The third-order valence-corrected chi connectivity index (χ3v) is 10.6. The standard InChI is InChI=1S/C14H12F6N2O5S.C14H12F6N2O4S.CH4/c1-12(23,5-28(26,27)6-13(15,16)17)11-3-7-2-10(22(24)25)8(14(18,19)20)4-9(7)21-11;1-12(23,5-27(26)6-13(15,16)17)11-3-7-2-10(22(24)25)8(14(18,19)20)4-9(7)21-11;/h2-4,21,23H,5-6H2,1H3;2-4,21,23H,5-6H2,1H3;1H4. The fraction of sp³-hybridized carbons (Fsp3) is 0.448. The maximum Gasteiger partial charge on any atom is 0.423 e. The summed E-state index contributed by atoms with van der Waals surface area (Å²) >= 11 is 0. The summed E-state index contributed by atoms with van der Waals surface area (Å²) in [7, 11) is -7.31. The summed E-state index contributed by atoms with van der Waals surface area (Å²) in [4.78, 5) is 24.0. The number of alkyl halides is 12. The molecule has 3 unspecified atom stereocenters. The summed E-state index contributed by atoms with van der Waals surface area (Å²) in [5, 5.41) is 42.2. The van der Waals surface area contributed by atoms with Crippen LogP contribution in [0.15, 0.2) is 36.4 Å². The number of fused-ring (bicyclic) bond motifs is 2. The van der Waals surface area contributed by atoms with Gasteiger partial charge in [0.15, 0.2) is 9.84 Å². The molecule has 0 aliphatic heterocycles. The number of sulfone groups is 1. The van der Waals surface area contributed by atoms with E-state index in [0.29, 0.717) is 24.3 Å². The molecule has 4 N–H and O–H groups in total. The largest absolute Gasteiger partial charge is 0.423 e. The molecule has 0 fully saturated rings. The summed E-state index contributed by atoms with van der Waals surface area (Å²) in [6, 6.07) is 4.08. The Bertz CT molecular complexity index is 2240. The topological polar surface area (TPSA) is 210 Å². The normalized spacial score (nSPS) is 15.6. The fourth-order valence-electron chi connectivity index (χ4n) is 5.11. The molecule has 56 heavy (non-hydrogen) atoms. The zero-order chi connectivity index (χ0) is 42.5. The molecule has 0 aliphatic rings. The van der Waals surface area contributed by atoms with Crippen LogP contribution in [0.2, 0.25) is 0 Å². The minimum Gasteiger partial charge on any atom is -0.383 e. The lowest BCUT2D eigenvalue weighted by atomic mass is 10.1. The van der Waals surface area contributed by atoms with Crippen LogP contribution in [0.3, 0.4) is 0 Å². The number of benzene rings is 2. The summed E-state index contributed by atoms with van der Waals surface area (Å²) < 4.78 is 187. The number of nitro groups is 2. The maximum absolute atomic E-state index is 13.0. The number of nitrogens with zero attached hydrogens (tertiary/aromatic N) is 2. The van der Waals surface area contributed by atoms with Crippen molar-refractivity contribution >= 4 is 53.8 Å². The van der Waals surface area contributed by atoms with Crippen LogP contribution in [0.5, 0.6) is 0 Å². The van der Waals surface area contributed by atoms with E-state index in [1.807, 2.05) is 0 Å². The number of nitro benzene ring substituents is 2. The van der Waals surface area contributed by atoms with E-state index in [4.69, 9.17) is 0 Å². The molecule has 2 aromatic carbocycles. The molecular formula is C29H28F12N4O9S2. The van der Waals surface area contributed by atoms with Crippen LogP contribution in [0.4, 0.5) is 64.1 Å². The van der Waals surface area contributed by atoms with Gasteiger partial charge in [0.2, 0.25) is 0 Å². The minimum absolute atomic E-state index is 0. The monoisotopic (exact) mass is 868 g/mol.